The average Bonchev–Trinajstić information content (AvgIpc) is 3.49. The molecular formula is C27H33FN6O4S. The number of amides is 1. The van der Waals surface area contributed by atoms with Crippen LogP contribution in [0.5, 0.6) is 5.75 Å². The lowest BCUT2D eigenvalue weighted by Crippen LogP contribution is -2.30. The molecule has 0 saturated heterocycles. The lowest BCUT2D eigenvalue weighted by Gasteiger charge is -2.20. The van der Waals surface area contributed by atoms with Gasteiger partial charge in [-0.3, -0.25) is 18.9 Å². The Labute approximate surface area is 230 Å². The number of halogens is 1. The van der Waals surface area contributed by atoms with Crippen LogP contribution in [0.25, 0.3) is 17.0 Å². The third kappa shape index (κ3) is 6.75. The molecular weight excluding hydrogens is 523 g/mol. The third-order valence-electron chi connectivity index (χ3n) is 5.67. The first-order valence-corrected chi connectivity index (χ1v) is 13.3. The van der Waals surface area contributed by atoms with Gasteiger partial charge in [-0.25, -0.2) is 9.37 Å². The van der Waals surface area contributed by atoms with Crippen molar-refractivity contribution in [2.24, 2.45) is 0 Å². The lowest BCUT2D eigenvalue weighted by atomic mass is 10.2. The van der Waals surface area contributed by atoms with E-state index in [0.717, 1.165) is 4.90 Å². The smallest absolute Gasteiger partial charge is 0.270 e. The summed E-state index contributed by atoms with van der Waals surface area (Å²) in [5.41, 5.74) is 2.30. The highest BCUT2D eigenvalue weighted by Crippen LogP contribution is 2.39. The number of carbonyl (C=O) groups excluding carboxylic acids is 1. The van der Waals surface area contributed by atoms with E-state index in [1.54, 1.807) is 42.7 Å². The fourth-order valence-corrected chi connectivity index (χ4v) is 5.02. The molecule has 1 amide bonds. The van der Waals surface area contributed by atoms with Crippen LogP contribution in [0.2, 0.25) is 0 Å². The molecule has 208 valence electrons. The highest BCUT2D eigenvalue weighted by atomic mass is 32.2. The number of rotatable bonds is 11. The predicted octanol–water partition coefficient (Wildman–Crippen LogP) is 4.13. The van der Waals surface area contributed by atoms with Crippen LogP contribution >= 0.6 is 11.8 Å². The normalized spacial score (nSPS) is 12.6. The number of pyridine rings is 2. The largest absolute Gasteiger partial charge is 0.490 e. The minimum Gasteiger partial charge on any atom is -0.490 e. The summed E-state index contributed by atoms with van der Waals surface area (Å²) >= 11 is 1.63. The first-order valence-electron chi connectivity index (χ1n) is 12.5. The predicted molar refractivity (Wildman–Crippen MR) is 147 cm³/mol. The number of fused-ring (bicyclic) bond motifs is 1. The van der Waals surface area contributed by atoms with E-state index in [2.05, 4.69) is 41.2 Å². The van der Waals surface area contributed by atoms with Crippen LogP contribution in [0, 0.1) is 5.82 Å². The van der Waals surface area contributed by atoms with Crippen molar-refractivity contribution < 1.29 is 23.8 Å². The third-order valence-corrected chi connectivity index (χ3v) is 6.81. The maximum atomic E-state index is 14.2. The molecule has 0 saturated carbocycles. The molecule has 2 N–H and O–H groups in total. The summed E-state index contributed by atoms with van der Waals surface area (Å²) in [6.07, 6.45) is 5.10. The minimum atomic E-state index is -0.655. The standard InChI is InChI=1S/C27H33FN6O4S/c1-17(25-18(28)7-6-8-29-25)31-26(36)20-13-19(32-34(20)9-11-37-5)21-15-30-24-14-22(38-12-10-35)23(16-33(21)24)39-27(2,3)4/h6-8,13-17,35H,9-12H2,1-5H3,(H,31,36)/t17-/m1/s1. The second-order valence-corrected chi connectivity index (χ2v) is 11.7. The zero-order chi connectivity index (χ0) is 28.2. The Hall–Kier alpha value is -3.48. The molecule has 4 rings (SSSR count). The zero-order valence-corrected chi connectivity index (χ0v) is 23.5. The van der Waals surface area contributed by atoms with Gasteiger partial charge in [-0.05, 0) is 25.1 Å². The van der Waals surface area contributed by atoms with Crippen molar-refractivity contribution in [3.8, 4) is 17.1 Å². The van der Waals surface area contributed by atoms with Gasteiger partial charge in [0, 0.05) is 30.3 Å². The molecule has 0 aliphatic carbocycles. The fourth-order valence-electron chi connectivity index (χ4n) is 3.98. The van der Waals surface area contributed by atoms with Gasteiger partial charge >= 0.3 is 0 Å². The summed E-state index contributed by atoms with van der Waals surface area (Å²) < 4.78 is 28.6. The van der Waals surface area contributed by atoms with Crippen molar-refractivity contribution in [2.75, 3.05) is 26.9 Å². The van der Waals surface area contributed by atoms with Crippen molar-refractivity contribution in [3.05, 3.63) is 60.1 Å². The number of carbonyl (C=O) groups is 1. The number of aromatic nitrogens is 5. The van der Waals surface area contributed by atoms with Crippen LogP contribution < -0.4 is 10.1 Å². The van der Waals surface area contributed by atoms with Gasteiger partial charge in [0.1, 0.15) is 35.2 Å². The second kappa shape index (κ2) is 12.1. The number of hydrogen-bond donors (Lipinski definition) is 2. The molecule has 10 nitrogen and oxygen atoms in total. The summed E-state index contributed by atoms with van der Waals surface area (Å²) in [4.78, 5) is 22.8. The van der Waals surface area contributed by atoms with Crippen LogP contribution in [0.15, 0.2) is 47.8 Å². The monoisotopic (exact) mass is 556 g/mol. The van der Waals surface area contributed by atoms with Crippen molar-refractivity contribution in [1.29, 1.82) is 0 Å². The SMILES string of the molecule is COCCn1nc(-c2cnc3cc(OCCO)c(SC(C)(C)C)cn23)cc1C(=O)N[C@H](C)c1ncccc1F. The van der Waals surface area contributed by atoms with E-state index >= 15 is 0 Å². The second-order valence-electron chi connectivity index (χ2n) is 9.86. The number of aliphatic hydroxyl groups excluding tert-OH is 1. The summed E-state index contributed by atoms with van der Waals surface area (Å²) in [7, 11) is 1.57. The molecule has 4 heterocycles. The summed E-state index contributed by atoms with van der Waals surface area (Å²) in [5.74, 6) is -0.272. The van der Waals surface area contributed by atoms with Gasteiger partial charge in [0.25, 0.3) is 5.91 Å². The van der Waals surface area contributed by atoms with Crippen molar-refractivity contribution in [1.82, 2.24) is 29.5 Å². The van der Waals surface area contributed by atoms with Gasteiger partial charge < -0.3 is 19.9 Å². The Bertz CT molecular complexity index is 1450. The first kappa shape index (κ1) is 28.5. The lowest BCUT2D eigenvalue weighted by molar-refractivity contribution is 0.0924. The molecule has 0 aliphatic heterocycles. The van der Waals surface area contributed by atoms with E-state index in [9.17, 15) is 14.3 Å². The maximum Gasteiger partial charge on any atom is 0.270 e. The van der Waals surface area contributed by atoms with Gasteiger partial charge in [0.05, 0.1) is 48.3 Å². The topological polar surface area (TPSA) is 116 Å². The van der Waals surface area contributed by atoms with Gasteiger partial charge in [-0.15, -0.1) is 11.8 Å². The number of aliphatic hydroxyl groups is 1. The van der Waals surface area contributed by atoms with Gasteiger partial charge in [0.2, 0.25) is 0 Å². The number of methoxy groups -OCH3 is 1. The summed E-state index contributed by atoms with van der Waals surface area (Å²) in [5, 5.41) is 16.8. The first-order chi connectivity index (χ1) is 18.6. The molecule has 39 heavy (non-hydrogen) atoms. The van der Waals surface area contributed by atoms with Crippen LogP contribution in [0.4, 0.5) is 4.39 Å². The quantitative estimate of drug-likeness (QED) is 0.265. The van der Waals surface area contributed by atoms with Crippen molar-refractivity contribution in [2.45, 2.75) is 49.9 Å². The van der Waals surface area contributed by atoms with Crippen molar-refractivity contribution >= 4 is 23.3 Å². The molecule has 1 atom stereocenters. The Balaban J connectivity index is 1.72. The Morgan fingerprint density at radius 2 is 2.05 bits per heavy atom. The van der Waals surface area contributed by atoms with Gasteiger partial charge in [0.15, 0.2) is 0 Å². The number of nitrogens with zero attached hydrogens (tertiary/aromatic N) is 5. The molecule has 4 aromatic heterocycles. The molecule has 0 bridgehead atoms. The van der Waals surface area contributed by atoms with E-state index in [-0.39, 0.29) is 23.7 Å². The van der Waals surface area contributed by atoms with Crippen molar-refractivity contribution in [3.63, 3.8) is 0 Å². The minimum absolute atomic E-state index is 0.0947. The fraction of sp³-hybridized carbons (Fsp3) is 0.407. The molecule has 4 aromatic rings. The highest BCUT2D eigenvalue weighted by molar-refractivity contribution is 8.00. The molecule has 0 aliphatic rings. The summed E-state index contributed by atoms with van der Waals surface area (Å²) in [6.45, 7) is 8.75. The molecule has 0 radical (unpaired) electrons. The number of hydrogen-bond acceptors (Lipinski definition) is 8. The average molecular weight is 557 g/mol. The maximum absolute atomic E-state index is 14.2. The molecule has 0 unspecified atom stereocenters. The van der Waals surface area contributed by atoms with Gasteiger partial charge in [-0.1, -0.05) is 20.8 Å². The van der Waals surface area contributed by atoms with E-state index in [0.29, 0.717) is 41.6 Å². The highest BCUT2D eigenvalue weighted by Gasteiger charge is 2.23. The van der Waals surface area contributed by atoms with Crippen LogP contribution in [-0.2, 0) is 11.3 Å². The number of ether oxygens (including phenoxy) is 2. The van der Waals surface area contributed by atoms with Crippen LogP contribution in [0.3, 0.4) is 0 Å². The zero-order valence-electron chi connectivity index (χ0n) is 22.6. The molecule has 12 heteroatoms. The number of nitrogens with one attached hydrogen (secondary N) is 1. The Kier molecular flexibility index (Phi) is 8.88. The Morgan fingerprint density at radius 1 is 1.26 bits per heavy atom. The van der Waals surface area contributed by atoms with Gasteiger partial charge in [-0.2, -0.15) is 5.10 Å². The van der Waals surface area contributed by atoms with Crippen LogP contribution in [0.1, 0.15) is 49.9 Å². The van der Waals surface area contributed by atoms with Crippen LogP contribution in [-0.4, -0.2) is 66.8 Å². The molecule has 0 spiro atoms. The van der Waals surface area contributed by atoms with E-state index < -0.39 is 17.8 Å². The number of imidazole rings is 1. The van der Waals surface area contributed by atoms with E-state index in [1.165, 1.54) is 18.3 Å². The molecule has 0 fully saturated rings. The molecule has 0 aromatic carbocycles. The Morgan fingerprint density at radius 3 is 2.74 bits per heavy atom. The number of thioether (sulfide) groups is 1. The van der Waals surface area contributed by atoms with E-state index in [4.69, 9.17) is 9.47 Å². The van der Waals surface area contributed by atoms with E-state index in [1.807, 2.05) is 16.7 Å². The summed E-state index contributed by atoms with van der Waals surface area (Å²) in [6, 6.07) is 5.67.